The molecule has 0 saturated carbocycles. The van der Waals surface area contributed by atoms with Gasteiger partial charge in [-0.05, 0) is 109 Å². The highest BCUT2D eigenvalue weighted by molar-refractivity contribution is 8.34. The third-order valence-electron chi connectivity index (χ3n) is 9.96. The highest BCUT2D eigenvalue weighted by Gasteiger charge is 2.33. The van der Waals surface area contributed by atoms with Crippen LogP contribution in [0, 0.1) is 0 Å². The number of para-hydroxylation sites is 2. The van der Waals surface area contributed by atoms with Gasteiger partial charge in [0, 0.05) is 64.9 Å². The molecule has 0 bridgehead atoms. The Morgan fingerprint density at radius 3 is 1.10 bits per heavy atom. The van der Waals surface area contributed by atoms with Crippen LogP contribution in [0.15, 0.2) is 214 Å². The second-order valence-corrected chi connectivity index (χ2v) is 15.8. The van der Waals surface area contributed by atoms with E-state index in [1.807, 2.05) is 24.5 Å². The van der Waals surface area contributed by atoms with Gasteiger partial charge in [0.1, 0.15) is 11.3 Å². The third kappa shape index (κ3) is 4.48. The monoisotopic (exact) mass is 672 g/mol. The molecular formula is C46H32N4S. The van der Waals surface area contributed by atoms with Gasteiger partial charge in [-0.2, -0.15) is 0 Å². The number of rotatable bonds is 6. The zero-order valence-corrected chi connectivity index (χ0v) is 28.5. The lowest BCUT2D eigenvalue weighted by Gasteiger charge is -2.42. The molecule has 4 heterocycles. The van der Waals surface area contributed by atoms with Crippen molar-refractivity contribution in [3.8, 4) is 11.4 Å². The molecule has 0 saturated heterocycles. The quantitative estimate of drug-likeness (QED) is 0.176. The standard InChI is InChI=1S/C46H32N4S/c1-3-13-35(14-4-1)51(36-15-5-2-6-16-36,37-27-23-33(24-28-37)49-43-21-9-7-17-39(43)41-19-11-31-47-45(41)49)38-29-25-34(26-30-38)50-44-22-10-8-18-40(44)42-20-12-32-48-46(42)50/h1-32H. The van der Waals surface area contributed by atoms with Crippen molar-refractivity contribution in [3.05, 3.63) is 194 Å². The van der Waals surface area contributed by atoms with E-state index in [2.05, 4.69) is 179 Å². The molecule has 0 fully saturated rings. The maximum absolute atomic E-state index is 4.84. The first kappa shape index (κ1) is 29.5. The summed E-state index contributed by atoms with van der Waals surface area (Å²) in [6.45, 7) is 0. The Balaban J connectivity index is 1.19. The van der Waals surface area contributed by atoms with Gasteiger partial charge in [0.15, 0.2) is 0 Å². The van der Waals surface area contributed by atoms with Crippen LogP contribution >= 0.6 is 10.0 Å². The van der Waals surface area contributed by atoms with Crippen LogP contribution in [-0.4, -0.2) is 19.1 Å². The zero-order chi connectivity index (χ0) is 33.8. The molecule has 242 valence electrons. The van der Waals surface area contributed by atoms with E-state index < -0.39 is 10.0 Å². The fourth-order valence-electron chi connectivity index (χ4n) is 7.78. The van der Waals surface area contributed by atoms with Crippen LogP contribution in [0.1, 0.15) is 0 Å². The van der Waals surface area contributed by atoms with Gasteiger partial charge < -0.3 is 0 Å². The third-order valence-corrected chi connectivity index (χ3v) is 13.9. The van der Waals surface area contributed by atoms with E-state index in [1.165, 1.54) is 30.4 Å². The average molecular weight is 673 g/mol. The lowest BCUT2D eigenvalue weighted by Crippen LogP contribution is -2.06. The van der Waals surface area contributed by atoms with Crippen molar-refractivity contribution in [1.29, 1.82) is 0 Å². The van der Waals surface area contributed by atoms with E-state index in [9.17, 15) is 0 Å². The highest BCUT2D eigenvalue weighted by atomic mass is 32.3. The van der Waals surface area contributed by atoms with Crippen molar-refractivity contribution < 1.29 is 0 Å². The molecule has 0 N–H and O–H groups in total. The van der Waals surface area contributed by atoms with Crippen LogP contribution in [0.5, 0.6) is 0 Å². The normalized spacial score (nSPS) is 12.2. The van der Waals surface area contributed by atoms with Crippen molar-refractivity contribution in [3.63, 3.8) is 0 Å². The van der Waals surface area contributed by atoms with Crippen LogP contribution < -0.4 is 0 Å². The van der Waals surface area contributed by atoms with E-state index in [0.717, 1.165) is 44.5 Å². The Hall–Kier alpha value is -6.43. The van der Waals surface area contributed by atoms with Gasteiger partial charge in [0.2, 0.25) is 0 Å². The minimum atomic E-state index is -1.90. The number of aromatic nitrogens is 4. The predicted molar refractivity (Wildman–Crippen MR) is 211 cm³/mol. The molecule has 0 unspecified atom stereocenters. The van der Waals surface area contributed by atoms with Gasteiger partial charge in [-0.15, -0.1) is 10.0 Å². The predicted octanol–water partition coefficient (Wildman–Crippen LogP) is 12.0. The Kier molecular flexibility index (Phi) is 6.86. The molecule has 10 rings (SSSR count). The summed E-state index contributed by atoms with van der Waals surface area (Å²) < 4.78 is 4.57. The molecule has 4 aromatic heterocycles. The SMILES string of the molecule is c1ccc(S(c2ccccc2)(c2ccc(-n3c4ccccc4c4cccnc43)cc2)c2ccc(-n3c4ccccc4c4cccnc43)cc2)cc1. The van der Waals surface area contributed by atoms with Crippen LogP contribution in [0.2, 0.25) is 0 Å². The maximum Gasteiger partial charge on any atom is 0.145 e. The second-order valence-electron chi connectivity index (χ2n) is 12.7. The van der Waals surface area contributed by atoms with E-state index in [-0.39, 0.29) is 0 Å². The van der Waals surface area contributed by atoms with Gasteiger partial charge in [-0.3, -0.25) is 9.13 Å². The Morgan fingerprint density at radius 1 is 0.314 bits per heavy atom. The van der Waals surface area contributed by atoms with Gasteiger partial charge in [-0.25, -0.2) is 9.97 Å². The summed E-state index contributed by atoms with van der Waals surface area (Å²) in [7, 11) is -1.90. The zero-order valence-electron chi connectivity index (χ0n) is 27.7. The molecule has 0 aliphatic carbocycles. The summed E-state index contributed by atoms with van der Waals surface area (Å²) in [5, 5.41) is 4.72. The lowest BCUT2D eigenvalue weighted by atomic mass is 10.2. The van der Waals surface area contributed by atoms with Crippen molar-refractivity contribution in [2.75, 3.05) is 0 Å². The Bertz CT molecular complexity index is 2530. The van der Waals surface area contributed by atoms with Gasteiger partial charge in [0.05, 0.1) is 11.0 Å². The molecule has 6 aromatic carbocycles. The number of hydrogen-bond acceptors (Lipinski definition) is 2. The molecule has 10 aromatic rings. The summed E-state index contributed by atoms with van der Waals surface area (Å²) >= 11 is 0. The molecule has 0 radical (unpaired) electrons. The fraction of sp³-hybridized carbons (Fsp3) is 0. The van der Waals surface area contributed by atoms with E-state index in [1.54, 1.807) is 0 Å². The van der Waals surface area contributed by atoms with E-state index >= 15 is 0 Å². The minimum Gasteiger partial charge on any atom is -0.294 e. The van der Waals surface area contributed by atoms with Crippen LogP contribution in [0.4, 0.5) is 0 Å². The summed E-state index contributed by atoms with van der Waals surface area (Å²) in [5.74, 6) is 0. The van der Waals surface area contributed by atoms with Crippen molar-refractivity contribution in [2.45, 2.75) is 19.6 Å². The van der Waals surface area contributed by atoms with Crippen LogP contribution in [0.25, 0.3) is 55.2 Å². The van der Waals surface area contributed by atoms with Crippen molar-refractivity contribution >= 4 is 53.9 Å². The minimum absolute atomic E-state index is 0.964. The number of pyridine rings is 2. The molecule has 0 spiro atoms. The largest absolute Gasteiger partial charge is 0.294 e. The second kappa shape index (κ2) is 11.9. The first-order valence-electron chi connectivity index (χ1n) is 17.2. The van der Waals surface area contributed by atoms with Gasteiger partial charge >= 0.3 is 0 Å². The van der Waals surface area contributed by atoms with E-state index in [4.69, 9.17) is 9.97 Å². The van der Waals surface area contributed by atoms with Gasteiger partial charge in [0.25, 0.3) is 0 Å². The Morgan fingerprint density at radius 2 is 0.667 bits per heavy atom. The Labute approximate surface area is 297 Å². The molecule has 4 nitrogen and oxygen atoms in total. The number of hydrogen-bond donors (Lipinski definition) is 0. The highest BCUT2D eigenvalue weighted by Crippen LogP contribution is 2.73. The van der Waals surface area contributed by atoms with E-state index in [0.29, 0.717) is 0 Å². The summed E-state index contributed by atoms with van der Waals surface area (Å²) in [5.41, 5.74) is 6.41. The summed E-state index contributed by atoms with van der Waals surface area (Å²) in [6, 6.07) is 65.9. The number of nitrogens with zero attached hydrogens (tertiary/aromatic N) is 4. The maximum atomic E-state index is 4.84. The first-order valence-corrected chi connectivity index (χ1v) is 18.8. The molecule has 5 heteroatoms. The first-order chi connectivity index (χ1) is 25.3. The topological polar surface area (TPSA) is 35.6 Å². The van der Waals surface area contributed by atoms with Crippen molar-refractivity contribution in [2.24, 2.45) is 0 Å². The lowest BCUT2D eigenvalue weighted by molar-refractivity contribution is 1.12. The average Bonchev–Trinajstić information content (AvgIpc) is 3.73. The molecule has 0 aliphatic rings. The van der Waals surface area contributed by atoms with Crippen LogP contribution in [-0.2, 0) is 0 Å². The smallest absolute Gasteiger partial charge is 0.145 e. The fourth-order valence-corrected chi connectivity index (χ4v) is 11.6. The summed E-state index contributed by atoms with van der Waals surface area (Å²) in [4.78, 5) is 14.8. The molecule has 0 aliphatic heterocycles. The van der Waals surface area contributed by atoms with Gasteiger partial charge in [-0.1, -0.05) is 72.8 Å². The number of benzene rings is 6. The van der Waals surface area contributed by atoms with Crippen molar-refractivity contribution in [1.82, 2.24) is 19.1 Å². The molecule has 0 amide bonds. The summed E-state index contributed by atoms with van der Waals surface area (Å²) in [6.07, 6.45) is 3.76. The molecule has 51 heavy (non-hydrogen) atoms. The molecular weight excluding hydrogens is 641 g/mol. The molecule has 0 atom stereocenters. The number of fused-ring (bicyclic) bond motifs is 6. The van der Waals surface area contributed by atoms with Crippen LogP contribution in [0.3, 0.4) is 0 Å².